The van der Waals surface area contributed by atoms with Gasteiger partial charge in [0, 0.05) is 33.1 Å². The minimum Gasteiger partial charge on any atom is -0.451 e. The number of hydrogen-bond donors (Lipinski definition) is 1. The van der Waals surface area contributed by atoms with Crippen LogP contribution in [0.15, 0.2) is 54.9 Å². The molecule has 1 saturated heterocycles. The third-order valence-corrected chi connectivity index (χ3v) is 7.45. The van der Waals surface area contributed by atoms with Crippen LogP contribution in [0.25, 0.3) is 11.5 Å². The molecule has 3 aromatic heterocycles. The van der Waals surface area contributed by atoms with E-state index in [9.17, 15) is 14.0 Å². The summed E-state index contributed by atoms with van der Waals surface area (Å²) in [6.07, 6.45) is 3.41. The SMILES string of the molecule is C[C@H]1c2nc(-c3ncc(N4CCC(=O)NC4=O)n3C)ccc2CN1Cc1ccc(Oc2c(F)cccc2Cl)cn1. The number of amides is 3. The maximum Gasteiger partial charge on any atom is 0.329 e. The van der Waals surface area contributed by atoms with Gasteiger partial charge in [0.15, 0.2) is 17.4 Å². The Morgan fingerprint density at radius 1 is 1.12 bits per heavy atom. The van der Waals surface area contributed by atoms with E-state index in [0.29, 0.717) is 42.7 Å². The van der Waals surface area contributed by atoms with Crippen molar-refractivity contribution >= 4 is 29.4 Å². The summed E-state index contributed by atoms with van der Waals surface area (Å²) >= 11 is 6.06. The van der Waals surface area contributed by atoms with Crippen molar-refractivity contribution in [2.45, 2.75) is 32.5 Å². The molecule has 0 bridgehead atoms. The van der Waals surface area contributed by atoms with Crippen molar-refractivity contribution in [1.29, 1.82) is 0 Å². The van der Waals surface area contributed by atoms with Gasteiger partial charge in [-0.3, -0.25) is 24.9 Å². The fraction of sp³-hybridized carbons (Fsp3) is 0.250. The van der Waals surface area contributed by atoms with E-state index in [1.165, 1.54) is 17.0 Å². The molecule has 204 valence electrons. The second-order valence-corrected chi connectivity index (χ2v) is 10.1. The summed E-state index contributed by atoms with van der Waals surface area (Å²) in [4.78, 5) is 41.6. The van der Waals surface area contributed by atoms with Crippen molar-refractivity contribution in [1.82, 2.24) is 29.7 Å². The number of carbonyl (C=O) groups is 2. The van der Waals surface area contributed by atoms with Gasteiger partial charge >= 0.3 is 6.03 Å². The molecule has 1 atom stereocenters. The predicted molar refractivity (Wildman–Crippen MR) is 145 cm³/mol. The van der Waals surface area contributed by atoms with Crippen LogP contribution in [0.1, 0.15) is 36.3 Å². The molecule has 40 heavy (non-hydrogen) atoms. The van der Waals surface area contributed by atoms with E-state index in [4.69, 9.17) is 21.3 Å². The molecule has 5 heterocycles. The second kappa shape index (κ2) is 10.3. The number of halogens is 2. The Morgan fingerprint density at radius 3 is 2.73 bits per heavy atom. The highest BCUT2D eigenvalue weighted by Gasteiger charge is 2.30. The third kappa shape index (κ3) is 4.78. The van der Waals surface area contributed by atoms with E-state index in [1.807, 2.05) is 23.7 Å². The van der Waals surface area contributed by atoms with Crippen LogP contribution < -0.4 is 15.0 Å². The zero-order chi connectivity index (χ0) is 28.0. The number of imide groups is 1. The Balaban J connectivity index is 1.16. The first-order valence-electron chi connectivity index (χ1n) is 12.7. The lowest BCUT2D eigenvalue weighted by Crippen LogP contribution is -2.50. The van der Waals surface area contributed by atoms with E-state index < -0.39 is 11.8 Å². The number of benzene rings is 1. The molecule has 6 rings (SSSR count). The summed E-state index contributed by atoms with van der Waals surface area (Å²) in [5.74, 6) is 0.756. The number of para-hydroxylation sites is 1. The summed E-state index contributed by atoms with van der Waals surface area (Å²) in [5.41, 5.74) is 3.60. The van der Waals surface area contributed by atoms with Gasteiger partial charge in [-0.15, -0.1) is 0 Å². The van der Waals surface area contributed by atoms with Crippen LogP contribution in [0, 0.1) is 5.82 Å². The number of rotatable bonds is 6. The second-order valence-electron chi connectivity index (χ2n) is 9.71. The summed E-state index contributed by atoms with van der Waals surface area (Å²) < 4.78 is 21.5. The quantitative estimate of drug-likeness (QED) is 0.354. The Morgan fingerprint density at radius 2 is 1.98 bits per heavy atom. The van der Waals surface area contributed by atoms with E-state index in [2.05, 4.69) is 33.2 Å². The normalized spacial score (nSPS) is 17.2. The maximum atomic E-state index is 14.1. The van der Waals surface area contributed by atoms with E-state index in [0.717, 1.165) is 17.0 Å². The topological polar surface area (TPSA) is 105 Å². The van der Waals surface area contributed by atoms with Crippen LogP contribution >= 0.6 is 11.6 Å². The first-order chi connectivity index (χ1) is 19.3. The summed E-state index contributed by atoms with van der Waals surface area (Å²) in [7, 11) is 1.82. The number of nitrogens with zero attached hydrogens (tertiary/aromatic N) is 6. The Labute approximate surface area is 234 Å². The van der Waals surface area contributed by atoms with Gasteiger partial charge in [-0.1, -0.05) is 23.7 Å². The number of pyridine rings is 2. The fourth-order valence-electron chi connectivity index (χ4n) is 4.99. The average molecular weight is 562 g/mol. The zero-order valence-electron chi connectivity index (χ0n) is 21.8. The summed E-state index contributed by atoms with van der Waals surface area (Å²) in [5, 5.41) is 2.53. The highest BCUT2D eigenvalue weighted by Crippen LogP contribution is 2.36. The minimum atomic E-state index is -0.539. The largest absolute Gasteiger partial charge is 0.451 e. The number of aromatic nitrogens is 4. The highest BCUT2D eigenvalue weighted by atomic mass is 35.5. The molecule has 0 unspecified atom stereocenters. The molecule has 0 spiro atoms. The third-order valence-electron chi connectivity index (χ3n) is 7.15. The number of nitrogens with one attached hydrogen (secondary N) is 1. The van der Waals surface area contributed by atoms with Gasteiger partial charge in [0.2, 0.25) is 5.91 Å². The van der Waals surface area contributed by atoms with Gasteiger partial charge in [0.05, 0.1) is 34.8 Å². The highest BCUT2D eigenvalue weighted by molar-refractivity contribution is 6.32. The van der Waals surface area contributed by atoms with Crippen LogP contribution in [0.3, 0.4) is 0 Å². The molecular weight excluding hydrogens is 537 g/mol. The minimum absolute atomic E-state index is 0.0293. The number of ether oxygens (including phenoxy) is 1. The fourth-order valence-corrected chi connectivity index (χ4v) is 5.19. The Hall–Kier alpha value is -4.35. The first kappa shape index (κ1) is 25.9. The molecule has 12 heteroatoms. The van der Waals surface area contributed by atoms with E-state index in [1.54, 1.807) is 24.5 Å². The van der Waals surface area contributed by atoms with Crippen LogP contribution in [-0.2, 0) is 24.9 Å². The first-order valence-corrected chi connectivity index (χ1v) is 13.1. The number of fused-ring (bicyclic) bond motifs is 1. The van der Waals surface area contributed by atoms with Crippen molar-refractivity contribution in [2.75, 3.05) is 11.4 Å². The molecule has 1 N–H and O–H groups in total. The average Bonchev–Trinajstić information content (AvgIpc) is 3.46. The van der Waals surface area contributed by atoms with Gasteiger partial charge in [-0.2, -0.15) is 0 Å². The summed E-state index contributed by atoms with van der Waals surface area (Å²) in [6.45, 7) is 3.69. The van der Waals surface area contributed by atoms with Crippen LogP contribution in [0.5, 0.6) is 11.5 Å². The van der Waals surface area contributed by atoms with Crippen LogP contribution in [0.2, 0.25) is 5.02 Å². The van der Waals surface area contributed by atoms with Gasteiger partial charge in [-0.25, -0.2) is 19.2 Å². The van der Waals surface area contributed by atoms with Crippen LogP contribution in [0.4, 0.5) is 15.0 Å². The molecule has 2 aliphatic heterocycles. The molecule has 0 saturated carbocycles. The van der Waals surface area contributed by atoms with Crippen molar-refractivity contribution in [2.24, 2.45) is 7.05 Å². The number of urea groups is 1. The number of anilines is 1. The van der Waals surface area contributed by atoms with Crippen molar-refractivity contribution in [3.05, 3.63) is 82.6 Å². The standard InChI is InChI=1S/C28H25ClFN7O3/c1-16-25-17(6-9-22(33-25)27-32-13-24(35(27)2)37-11-10-23(38)34-28(37)39)14-36(16)15-18-7-8-19(12-31-18)40-26-20(29)4-3-5-21(26)30/h3-9,12-13,16H,10-11,14-15H2,1-2H3,(H,34,38,39)/t16-/m0/s1. The molecule has 10 nitrogen and oxygen atoms in total. The Bertz CT molecular complexity index is 1600. The molecule has 2 aliphatic rings. The monoisotopic (exact) mass is 561 g/mol. The number of hydrogen-bond acceptors (Lipinski definition) is 7. The number of carbonyl (C=O) groups excluding carboxylic acids is 2. The van der Waals surface area contributed by atoms with E-state index >= 15 is 0 Å². The molecule has 3 amide bonds. The van der Waals surface area contributed by atoms with Gasteiger partial charge in [0.25, 0.3) is 0 Å². The molecule has 1 fully saturated rings. The van der Waals surface area contributed by atoms with E-state index in [-0.39, 0.29) is 29.1 Å². The van der Waals surface area contributed by atoms with Crippen molar-refractivity contribution in [3.63, 3.8) is 0 Å². The van der Waals surface area contributed by atoms with Crippen molar-refractivity contribution in [3.8, 4) is 23.0 Å². The van der Waals surface area contributed by atoms with Crippen LogP contribution in [-0.4, -0.2) is 42.9 Å². The molecule has 4 aromatic rings. The molecular formula is C28H25ClFN7O3. The van der Waals surface area contributed by atoms with Crippen molar-refractivity contribution < 1.29 is 18.7 Å². The molecule has 1 aromatic carbocycles. The lowest BCUT2D eigenvalue weighted by molar-refractivity contribution is -0.120. The lowest BCUT2D eigenvalue weighted by Gasteiger charge is -2.26. The smallest absolute Gasteiger partial charge is 0.329 e. The molecule has 0 radical (unpaired) electrons. The predicted octanol–water partition coefficient (Wildman–Crippen LogP) is 4.99. The van der Waals surface area contributed by atoms with Gasteiger partial charge in [0.1, 0.15) is 17.3 Å². The van der Waals surface area contributed by atoms with Gasteiger partial charge < -0.3 is 9.30 Å². The summed E-state index contributed by atoms with van der Waals surface area (Å²) in [6, 6.07) is 11.5. The number of imidazole rings is 1. The van der Waals surface area contributed by atoms with Gasteiger partial charge in [-0.05, 0) is 42.8 Å². The molecule has 0 aliphatic carbocycles. The lowest BCUT2D eigenvalue weighted by atomic mass is 10.1. The maximum absolute atomic E-state index is 14.1. The Kier molecular flexibility index (Phi) is 6.68. The zero-order valence-corrected chi connectivity index (χ0v) is 22.5.